The predicted octanol–water partition coefficient (Wildman–Crippen LogP) is 2.58. The van der Waals surface area contributed by atoms with Crippen molar-refractivity contribution in [3.05, 3.63) is 58.1 Å². The molecule has 0 bridgehead atoms. The van der Waals surface area contributed by atoms with Crippen LogP contribution in [0.2, 0.25) is 5.02 Å². The maximum atomic E-state index is 12.4. The van der Waals surface area contributed by atoms with Crippen LogP contribution in [0.4, 0.5) is 5.69 Å². The van der Waals surface area contributed by atoms with Gasteiger partial charge in [-0.05, 0) is 43.2 Å². The number of hydrogen-bond acceptors (Lipinski definition) is 4. The third kappa shape index (κ3) is 4.89. The molecule has 0 radical (unpaired) electrons. The van der Waals surface area contributed by atoms with Gasteiger partial charge in [-0.15, -0.1) is 0 Å². The Morgan fingerprint density at radius 1 is 1.07 bits per heavy atom. The number of hydrogen-bond donors (Lipinski definition) is 2. The Bertz CT molecular complexity index is 1000. The van der Waals surface area contributed by atoms with Crippen LogP contribution in [0.25, 0.3) is 0 Å². The van der Waals surface area contributed by atoms with Gasteiger partial charge < -0.3 is 10.6 Å². The molecular formula is C19H22ClN3O4S. The lowest BCUT2D eigenvalue weighted by atomic mass is 10.1. The Kier molecular flexibility index (Phi) is 6.82. The highest BCUT2D eigenvalue weighted by molar-refractivity contribution is 7.89. The van der Waals surface area contributed by atoms with Crippen molar-refractivity contribution in [3.63, 3.8) is 0 Å². The third-order valence-electron chi connectivity index (χ3n) is 4.12. The first-order valence-electron chi connectivity index (χ1n) is 8.40. The number of carbonyl (C=O) groups excluding carboxylic acids is 2. The van der Waals surface area contributed by atoms with Crippen molar-refractivity contribution in [2.24, 2.45) is 0 Å². The van der Waals surface area contributed by atoms with E-state index in [-0.39, 0.29) is 22.0 Å². The summed E-state index contributed by atoms with van der Waals surface area (Å²) < 4.78 is 25.5. The van der Waals surface area contributed by atoms with Crippen molar-refractivity contribution in [3.8, 4) is 0 Å². The van der Waals surface area contributed by atoms with Crippen LogP contribution >= 0.6 is 11.6 Å². The smallest absolute Gasteiger partial charge is 0.253 e. The van der Waals surface area contributed by atoms with Crippen LogP contribution in [0.1, 0.15) is 21.5 Å². The Morgan fingerprint density at radius 2 is 1.68 bits per heavy atom. The first-order chi connectivity index (χ1) is 13.0. The summed E-state index contributed by atoms with van der Waals surface area (Å²) in [6, 6.07) is 9.48. The van der Waals surface area contributed by atoms with E-state index in [9.17, 15) is 18.0 Å². The number of anilines is 1. The van der Waals surface area contributed by atoms with E-state index in [1.165, 1.54) is 32.3 Å². The molecular weight excluding hydrogens is 402 g/mol. The molecule has 0 aromatic heterocycles. The van der Waals surface area contributed by atoms with Crippen molar-refractivity contribution < 1.29 is 18.0 Å². The van der Waals surface area contributed by atoms with Crippen LogP contribution in [0.5, 0.6) is 0 Å². The van der Waals surface area contributed by atoms with Crippen molar-refractivity contribution in [1.29, 1.82) is 0 Å². The summed E-state index contributed by atoms with van der Waals surface area (Å²) in [5.74, 6) is -1.04. The molecule has 0 heterocycles. The van der Waals surface area contributed by atoms with E-state index in [1.54, 1.807) is 0 Å². The number of carbonyl (C=O) groups is 2. The van der Waals surface area contributed by atoms with Crippen LogP contribution in [-0.4, -0.2) is 45.2 Å². The lowest BCUT2D eigenvalue weighted by Gasteiger charge is -2.14. The van der Waals surface area contributed by atoms with Crippen LogP contribution in [0.15, 0.2) is 41.3 Å². The summed E-state index contributed by atoms with van der Waals surface area (Å²) in [7, 11) is -0.935. The largest absolute Gasteiger partial charge is 0.343 e. The number of benzene rings is 2. The van der Waals surface area contributed by atoms with Crippen LogP contribution in [0.3, 0.4) is 0 Å². The van der Waals surface area contributed by atoms with E-state index in [1.807, 2.05) is 32.0 Å². The topological polar surface area (TPSA) is 95.6 Å². The van der Waals surface area contributed by atoms with E-state index in [0.29, 0.717) is 5.69 Å². The van der Waals surface area contributed by atoms with Gasteiger partial charge in [-0.1, -0.05) is 29.8 Å². The average molecular weight is 424 g/mol. The number of halogens is 1. The number of amides is 2. The molecule has 7 nitrogen and oxygen atoms in total. The van der Waals surface area contributed by atoms with Crippen molar-refractivity contribution in [2.45, 2.75) is 18.7 Å². The van der Waals surface area contributed by atoms with Gasteiger partial charge in [0.05, 0.1) is 22.0 Å². The minimum atomic E-state index is -3.72. The molecule has 0 aliphatic carbocycles. The van der Waals surface area contributed by atoms with Crippen LogP contribution in [-0.2, 0) is 14.8 Å². The highest BCUT2D eigenvalue weighted by Crippen LogP contribution is 2.22. The van der Waals surface area contributed by atoms with E-state index in [0.717, 1.165) is 15.4 Å². The van der Waals surface area contributed by atoms with Gasteiger partial charge in [0.25, 0.3) is 5.91 Å². The van der Waals surface area contributed by atoms with Gasteiger partial charge in [0.15, 0.2) is 0 Å². The summed E-state index contributed by atoms with van der Waals surface area (Å²) in [5.41, 5.74) is 2.48. The van der Waals surface area contributed by atoms with Gasteiger partial charge in [0.2, 0.25) is 15.9 Å². The van der Waals surface area contributed by atoms with Crippen molar-refractivity contribution in [2.75, 3.05) is 26.0 Å². The molecule has 0 spiro atoms. The standard InChI is InChI=1S/C19H22ClN3O4S/c1-12-6-5-7-13(2)18(12)22-17(24)11-21-19(25)15-10-14(8-9-16(15)20)28(26,27)23(3)4/h5-10H,11H2,1-4H3,(H,21,25)(H,22,24). The molecule has 0 fully saturated rings. The highest BCUT2D eigenvalue weighted by Gasteiger charge is 2.21. The van der Waals surface area contributed by atoms with Crippen molar-refractivity contribution >= 4 is 39.1 Å². The Hall–Kier alpha value is -2.42. The lowest BCUT2D eigenvalue weighted by molar-refractivity contribution is -0.115. The minimum absolute atomic E-state index is 0.0236. The Labute approximate surface area is 169 Å². The maximum absolute atomic E-state index is 12.4. The van der Waals surface area contributed by atoms with Gasteiger partial charge in [0, 0.05) is 19.8 Å². The highest BCUT2D eigenvalue weighted by atomic mass is 35.5. The second kappa shape index (κ2) is 8.72. The Balaban J connectivity index is 2.12. The quantitative estimate of drug-likeness (QED) is 0.746. The number of sulfonamides is 1. The molecule has 0 saturated heterocycles. The summed E-state index contributed by atoms with van der Waals surface area (Å²) >= 11 is 6.04. The summed E-state index contributed by atoms with van der Waals surface area (Å²) in [4.78, 5) is 24.6. The average Bonchev–Trinajstić information content (AvgIpc) is 2.63. The molecule has 150 valence electrons. The predicted molar refractivity (Wildman–Crippen MR) is 109 cm³/mol. The van der Waals surface area contributed by atoms with E-state index in [4.69, 9.17) is 11.6 Å². The summed E-state index contributed by atoms with van der Waals surface area (Å²) in [6.45, 7) is 3.46. The van der Waals surface area contributed by atoms with E-state index < -0.39 is 21.8 Å². The SMILES string of the molecule is Cc1cccc(C)c1NC(=O)CNC(=O)c1cc(S(=O)(=O)N(C)C)ccc1Cl. The molecule has 9 heteroatoms. The van der Waals surface area contributed by atoms with Crippen LogP contribution in [0, 0.1) is 13.8 Å². The van der Waals surface area contributed by atoms with Gasteiger partial charge in [-0.3, -0.25) is 9.59 Å². The lowest BCUT2D eigenvalue weighted by Crippen LogP contribution is -2.33. The maximum Gasteiger partial charge on any atom is 0.253 e. The molecule has 0 atom stereocenters. The van der Waals surface area contributed by atoms with Gasteiger partial charge in [-0.2, -0.15) is 0 Å². The number of para-hydroxylation sites is 1. The second-order valence-corrected chi connectivity index (χ2v) is 8.99. The molecule has 2 rings (SSSR count). The summed E-state index contributed by atoms with van der Waals surface area (Å²) in [5, 5.41) is 5.31. The van der Waals surface area contributed by atoms with E-state index in [2.05, 4.69) is 10.6 Å². The van der Waals surface area contributed by atoms with Gasteiger partial charge in [0.1, 0.15) is 0 Å². The van der Waals surface area contributed by atoms with Gasteiger partial charge >= 0.3 is 0 Å². The molecule has 0 saturated carbocycles. The second-order valence-electron chi connectivity index (χ2n) is 6.43. The molecule has 2 aromatic carbocycles. The Morgan fingerprint density at radius 3 is 2.25 bits per heavy atom. The zero-order valence-corrected chi connectivity index (χ0v) is 17.6. The van der Waals surface area contributed by atoms with Crippen molar-refractivity contribution in [1.82, 2.24) is 9.62 Å². The molecule has 2 N–H and O–H groups in total. The number of rotatable bonds is 6. The van der Waals surface area contributed by atoms with Gasteiger partial charge in [-0.25, -0.2) is 12.7 Å². The fraction of sp³-hybridized carbons (Fsp3) is 0.263. The first kappa shape index (κ1) is 21.9. The molecule has 0 aliphatic rings. The normalized spacial score (nSPS) is 11.4. The molecule has 0 aliphatic heterocycles. The van der Waals surface area contributed by atoms with Crippen LogP contribution < -0.4 is 10.6 Å². The zero-order valence-electron chi connectivity index (χ0n) is 16.0. The molecule has 2 aromatic rings. The zero-order chi connectivity index (χ0) is 21.1. The fourth-order valence-corrected chi connectivity index (χ4v) is 3.63. The minimum Gasteiger partial charge on any atom is -0.343 e. The number of nitrogens with one attached hydrogen (secondary N) is 2. The first-order valence-corrected chi connectivity index (χ1v) is 10.2. The number of nitrogens with zero attached hydrogens (tertiary/aromatic N) is 1. The van der Waals surface area contributed by atoms with E-state index >= 15 is 0 Å². The molecule has 2 amide bonds. The third-order valence-corrected chi connectivity index (χ3v) is 6.26. The number of aryl methyl sites for hydroxylation is 2. The summed E-state index contributed by atoms with van der Waals surface area (Å²) in [6.07, 6.45) is 0. The molecule has 28 heavy (non-hydrogen) atoms. The monoisotopic (exact) mass is 423 g/mol. The fourth-order valence-electron chi connectivity index (χ4n) is 2.50. The molecule has 0 unspecified atom stereocenters.